The van der Waals surface area contributed by atoms with E-state index in [9.17, 15) is 9.59 Å². The summed E-state index contributed by atoms with van der Waals surface area (Å²) in [5.41, 5.74) is 2.61. The van der Waals surface area contributed by atoms with Crippen molar-refractivity contribution in [1.29, 1.82) is 0 Å². The van der Waals surface area contributed by atoms with Gasteiger partial charge in [0, 0.05) is 17.4 Å². The van der Waals surface area contributed by atoms with Gasteiger partial charge >= 0.3 is 0 Å². The number of ether oxygens (including phenoxy) is 1. The number of fused-ring (bicyclic) bond motifs is 1. The van der Waals surface area contributed by atoms with E-state index < -0.39 is 0 Å². The summed E-state index contributed by atoms with van der Waals surface area (Å²) in [6.45, 7) is 3.39. The SMILES string of the molecule is CC(=O)CCc1ccc(OCC(=O)c2oc3ccccc3c2C)cc1. The quantitative estimate of drug-likeness (QED) is 0.595. The molecular weight excluding hydrogens is 316 g/mol. The minimum Gasteiger partial charge on any atom is -0.485 e. The molecule has 128 valence electrons. The summed E-state index contributed by atoms with van der Waals surface area (Å²) in [5.74, 6) is 0.953. The van der Waals surface area contributed by atoms with E-state index in [0.29, 0.717) is 29.9 Å². The molecule has 0 spiro atoms. The molecule has 0 saturated heterocycles. The summed E-state index contributed by atoms with van der Waals surface area (Å²) in [5, 5.41) is 0.945. The number of benzene rings is 2. The maximum Gasteiger partial charge on any atom is 0.235 e. The predicted octanol–water partition coefficient (Wildman–Crippen LogP) is 4.52. The summed E-state index contributed by atoms with van der Waals surface area (Å²) in [6, 6.07) is 15.0. The maximum absolute atomic E-state index is 12.4. The summed E-state index contributed by atoms with van der Waals surface area (Å²) >= 11 is 0. The number of rotatable bonds is 7. The largest absolute Gasteiger partial charge is 0.485 e. The average Bonchev–Trinajstić information content (AvgIpc) is 2.96. The van der Waals surface area contributed by atoms with Crippen molar-refractivity contribution in [2.75, 3.05) is 6.61 Å². The van der Waals surface area contributed by atoms with Gasteiger partial charge in [0.15, 0.2) is 12.4 Å². The van der Waals surface area contributed by atoms with E-state index in [1.54, 1.807) is 6.92 Å². The van der Waals surface area contributed by atoms with Crippen LogP contribution in [0.15, 0.2) is 52.9 Å². The number of hydrogen-bond donors (Lipinski definition) is 0. The predicted molar refractivity (Wildman–Crippen MR) is 96.2 cm³/mol. The lowest BCUT2D eigenvalue weighted by molar-refractivity contribution is -0.116. The number of aryl methyl sites for hydroxylation is 2. The molecule has 4 heteroatoms. The molecule has 0 N–H and O–H groups in total. The second-order valence-corrected chi connectivity index (χ2v) is 6.11. The molecule has 3 aromatic rings. The van der Waals surface area contributed by atoms with E-state index >= 15 is 0 Å². The Morgan fingerprint density at radius 1 is 1.04 bits per heavy atom. The second kappa shape index (κ2) is 7.34. The molecule has 0 aliphatic heterocycles. The first-order chi connectivity index (χ1) is 12.0. The van der Waals surface area contributed by atoms with Gasteiger partial charge in [0.25, 0.3) is 0 Å². The van der Waals surface area contributed by atoms with Crippen molar-refractivity contribution in [2.24, 2.45) is 0 Å². The van der Waals surface area contributed by atoms with Gasteiger partial charge < -0.3 is 13.9 Å². The molecule has 0 fully saturated rings. The molecule has 4 nitrogen and oxygen atoms in total. The molecular formula is C21H20O4. The van der Waals surface area contributed by atoms with Crippen LogP contribution in [0.5, 0.6) is 5.75 Å². The standard InChI is InChI=1S/C21H20O4/c1-14(22)7-8-16-9-11-17(12-10-16)24-13-19(23)21-15(2)18-5-3-4-6-20(18)25-21/h3-6,9-12H,7-8,13H2,1-2H3. The van der Waals surface area contributed by atoms with E-state index in [-0.39, 0.29) is 18.2 Å². The number of Topliss-reactive ketones (excluding diaryl/α,β-unsaturated/α-hetero) is 2. The molecule has 0 unspecified atom stereocenters. The van der Waals surface area contributed by atoms with E-state index in [2.05, 4.69) is 0 Å². The Kier molecular flexibility index (Phi) is 4.98. The Morgan fingerprint density at radius 3 is 2.44 bits per heavy atom. The number of carbonyl (C=O) groups is 2. The second-order valence-electron chi connectivity index (χ2n) is 6.11. The summed E-state index contributed by atoms with van der Waals surface area (Å²) < 4.78 is 11.2. The normalized spacial score (nSPS) is 10.8. The molecule has 25 heavy (non-hydrogen) atoms. The van der Waals surface area contributed by atoms with Crippen molar-refractivity contribution in [1.82, 2.24) is 0 Å². The maximum atomic E-state index is 12.4. The first-order valence-corrected chi connectivity index (χ1v) is 8.27. The van der Waals surface area contributed by atoms with Crippen LogP contribution < -0.4 is 4.74 Å². The summed E-state index contributed by atoms with van der Waals surface area (Å²) in [6.07, 6.45) is 1.25. The first-order valence-electron chi connectivity index (χ1n) is 8.27. The van der Waals surface area contributed by atoms with Gasteiger partial charge in [-0.2, -0.15) is 0 Å². The molecule has 0 atom stereocenters. The number of ketones is 2. The number of hydrogen-bond acceptors (Lipinski definition) is 4. The lowest BCUT2D eigenvalue weighted by Gasteiger charge is -2.06. The summed E-state index contributed by atoms with van der Waals surface area (Å²) in [7, 11) is 0. The first kappa shape index (κ1) is 17.0. The fourth-order valence-corrected chi connectivity index (χ4v) is 2.73. The molecule has 0 aliphatic rings. The van der Waals surface area contributed by atoms with Crippen LogP contribution in [-0.2, 0) is 11.2 Å². The minimum absolute atomic E-state index is 0.0759. The zero-order valence-corrected chi connectivity index (χ0v) is 14.4. The minimum atomic E-state index is -0.186. The lowest BCUT2D eigenvalue weighted by atomic mass is 10.1. The average molecular weight is 336 g/mol. The van der Waals surface area contributed by atoms with E-state index in [4.69, 9.17) is 9.15 Å². The fourth-order valence-electron chi connectivity index (χ4n) is 2.73. The van der Waals surface area contributed by atoms with Gasteiger partial charge in [-0.25, -0.2) is 0 Å². The number of furan rings is 1. The Balaban J connectivity index is 1.63. The van der Waals surface area contributed by atoms with Crippen LogP contribution in [0.25, 0.3) is 11.0 Å². The molecule has 3 rings (SSSR count). The molecule has 0 radical (unpaired) electrons. The number of carbonyl (C=O) groups excluding carboxylic acids is 2. The highest BCUT2D eigenvalue weighted by Gasteiger charge is 2.17. The van der Waals surface area contributed by atoms with Crippen molar-refractivity contribution in [3.8, 4) is 5.75 Å². The van der Waals surface area contributed by atoms with E-state index in [0.717, 1.165) is 16.5 Å². The monoisotopic (exact) mass is 336 g/mol. The highest BCUT2D eigenvalue weighted by molar-refractivity contribution is 6.01. The molecule has 0 aliphatic carbocycles. The van der Waals surface area contributed by atoms with Crippen LogP contribution in [-0.4, -0.2) is 18.2 Å². The third-order valence-corrected chi connectivity index (χ3v) is 4.16. The van der Waals surface area contributed by atoms with Gasteiger partial charge in [0.05, 0.1) is 0 Å². The van der Waals surface area contributed by atoms with Gasteiger partial charge in [-0.15, -0.1) is 0 Å². The smallest absolute Gasteiger partial charge is 0.235 e. The summed E-state index contributed by atoms with van der Waals surface area (Å²) in [4.78, 5) is 23.4. The molecule has 0 amide bonds. The van der Waals surface area contributed by atoms with Gasteiger partial charge in [0.1, 0.15) is 17.1 Å². The Hall–Kier alpha value is -2.88. The molecule has 2 aromatic carbocycles. The van der Waals surface area contributed by atoms with Crippen molar-refractivity contribution < 1.29 is 18.7 Å². The van der Waals surface area contributed by atoms with Crippen LogP contribution in [0, 0.1) is 6.92 Å². The van der Waals surface area contributed by atoms with Crippen molar-refractivity contribution in [2.45, 2.75) is 26.7 Å². The zero-order valence-electron chi connectivity index (χ0n) is 14.4. The van der Waals surface area contributed by atoms with Crippen LogP contribution in [0.2, 0.25) is 0 Å². The molecule has 1 aromatic heterocycles. The fraction of sp³-hybridized carbons (Fsp3) is 0.238. The topological polar surface area (TPSA) is 56.5 Å². The van der Waals surface area contributed by atoms with E-state index in [1.807, 2.05) is 55.5 Å². The zero-order chi connectivity index (χ0) is 17.8. The van der Waals surface area contributed by atoms with Crippen molar-refractivity contribution in [3.63, 3.8) is 0 Å². The Labute approximate surface area is 146 Å². The van der Waals surface area contributed by atoms with Crippen LogP contribution in [0.1, 0.15) is 35.0 Å². The highest BCUT2D eigenvalue weighted by Crippen LogP contribution is 2.25. The number of para-hydroxylation sites is 1. The Bertz CT molecular complexity index is 903. The lowest BCUT2D eigenvalue weighted by Crippen LogP contribution is -2.11. The van der Waals surface area contributed by atoms with Gasteiger partial charge in [-0.05, 0) is 44.0 Å². The van der Waals surface area contributed by atoms with Gasteiger partial charge in [-0.3, -0.25) is 4.79 Å². The molecule has 0 bridgehead atoms. The third-order valence-electron chi connectivity index (χ3n) is 4.16. The molecule has 1 heterocycles. The Morgan fingerprint density at radius 2 is 1.76 bits per heavy atom. The highest BCUT2D eigenvalue weighted by atomic mass is 16.5. The van der Waals surface area contributed by atoms with Gasteiger partial charge in [0.2, 0.25) is 5.78 Å². The molecule has 0 saturated carbocycles. The van der Waals surface area contributed by atoms with Crippen LogP contribution in [0.4, 0.5) is 0 Å². The third kappa shape index (κ3) is 3.97. The van der Waals surface area contributed by atoms with Crippen molar-refractivity contribution >= 4 is 22.5 Å². The van der Waals surface area contributed by atoms with Gasteiger partial charge in [-0.1, -0.05) is 30.3 Å². The van der Waals surface area contributed by atoms with Crippen LogP contribution >= 0.6 is 0 Å². The van der Waals surface area contributed by atoms with Crippen LogP contribution in [0.3, 0.4) is 0 Å². The van der Waals surface area contributed by atoms with Crippen molar-refractivity contribution in [3.05, 3.63) is 65.4 Å². The van der Waals surface area contributed by atoms with E-state index in [1.165, 1.54) is 0 Å².